The van der Waals surface area contributed by atoms with Gasteiger partial charge in [0.05, 0.1) is 11.9 Å². The Morgan fingerprint density at radius 3 is 2.60 bits per heavy atom. The number of carboxylic acid groups (broad SMARTS) is 1. The summed E-state index contributed by atoms with van der Waals surface area (Å²) in [5.74, 6) is -1.36. The summed E-state index contributed by atoms with van der Waals surface area (Å²) in [6, 6.07) is 3.05. The molecular formula is C11H12N4O4S. The van der Waals surface area contributed by atoms with Crippen molar-refractivity contribution in [1.29, 1.82) is 0 Å². The number of nitrogens with one attached hydrogen (secondary N) is 1. The number of aromatic nitrogens is 3. The van der Waals surface area contributed by atoms with Gasteiger partial charge in [0, 0.05) is 18.9 Å². The van der Waals surface area contributed by atoms with Crippen LogP contribution in [0.5, 0.6) is 0 Å². The third-order valence-electron chi connectivity index (χ3n) is 2.62. The highest BCUT2D eigenvalue weighted by atomic mass is 32.2. The summed E-state index contributed by atoms with van der Waals surface area (Å²) in [6.45, 7) is 1.79. The molecule has 0 atom stereocenters. The number of H-pyrrole nitrogens is 1. The third kappa shape index (κ3) is 2.35. The topological polar surface area (TPSA) is 116 Å². The molecule has 2 aromatic heterocycles. The summed E-state index contributed by atoms with van der Waals surface area (Å²) in [4.78, 5) is 14.8. The minimum absolute atomic E-state index is 0.143. The molecule has 20 heavy (non-hydrogen) atoms. The maximum absolute atomic E-state index is 12.5. The molecule has 0 aliphatic carbocycles. The van der Waals surface area contributed by atoms with Crippen molar-refractivity contribution < 1.29 is 18.3 Å². The van der Waals surface area contributed by atoms with Crippen LogP contribution in [-0.4, -0.2) is 41.2 Å². The summed E-state index contributed by atoms with van der Waals surface area (Å²) in [5, 5.41) is 14.3. The molecule has 0 amide bonds. The zero-order valence-corrected chi connectivity index (χ0v) is 11.3. The molecule has 9 heteroatoms. The Kier molecular flexibility index (Phi) is 3.70. The van der Waals surface area contributed by atoms with Crippen molar-refractivity contribution in [2.75, 3.05) is 10.8 Å². The standard InChI is InChI=1S/C11H12N4O4S/c1-2-15(8-3-5-12-6-4-8)20(18,19)10-9(11(16)17)7-13-14-10/h3-7H,2H2,1H3,(H,13,14)(H,16,17). The number of nitrogens with zero attached hydrogens (tertiary/aromatic N) is 3. The third-order valence-corrected chi connectivity index (χ3v) is 4.50. The first-order valence-corrected chi connectivity index (χ1v) is 7.12. The van der Waals surface area contributed by atoms with Crippen molar-refractivity contribution in [3.63, 3.8) is 0 Å². The van der Waals surface area contributed by atoms with Crippen LogP contribution in [0.1, 0.15) is 17.3 Å². The lowest BCUT2D eigenvalue weighted by molar-refractivity contribution is 0.0692. The van der Waals surface area contributed by atoms with Gasteiger partial charge in [0.1, 0.15) is 5.56 Å². The maximum Gasteiger partial charge on any atom is 0.340 e. The maximum atomic E-state index is 12.5. The lowest BCUT2D eigenvalue weighted by Gasteiger charge is -2.21. The van der Waals surface area contributed by atoms with Crippen LogP contribution in [0.15, 0.2) is 35.7 Å². The number of pyridine rings is 1. The van der Waals surface area contributed by atoms with Crippen LogP contribution in [-0.2, 0) is 10.0 Å². The van der Waals surface area contributed by atoms with Gasteiger partial charge in [-0.15, -0.1) is 0 Å². The van der Waals surface area contributed by atoms with E-state index in [0.29, 0.717) is 5.69 Å². The molecular weight excluding hydrogens is 284 g/mol. The molecule has 0 bridgehead atoms. The second-order valence-electron chi connectivity index (χ2n) is 3.79. The van der Waals surface area contributed by atoms with Gasteiger partial charge in [-0.05, 0) is 19.1 Å². The normalized spacial score (nSPS) is 11.2. The number of hydrogen-bond donors (Lipinski definition) is 2. The molecule has 2 aromatic rings. The molecule has 2 N–H and O–H groups in total. The minimum atomic E-state index is -4.03. The van der Waals surface area contributed by atoms with Gasteiger partial charge in [0.2, 0.25) is 0 Å². The molecule has 0 saturated carbocycles. The van der Waals surface area contributed by atoms with E-state index in [9.17, 15) is 13.2 Å². The first-order valence-electron chi connectivity index (χ1n) is 5.68. The number of carboxylic acids is 1. The van der Waals surface area contributed by atoms with Crippen molar-refractivity contribution in [3.05, 3.63) is 36.3 Å². The zero-order valence-electron chi connectivity index (χ0n) is 10.5. The fraction of sp³-hybridized carbons (Fsp3) is 0.182. The number of carbonyl (C=O) groups is 1. The Morgan fingerprint density at radius 2 is 2.05 bits per heavy atom. The van der Waals surface area contributed by atoms with Gasteiger partial charge in [0.15, 0.2) is 5.03 Å². The monoisotopic (exact) mass is 296 g/mol. The SMILES string of the molecule is CCN(c1ccncc1)S(=O)(=O)c1[nH]ncc1C(=O)O. The Morgan fingerprint density at radius 1 is 1.40 bits per heavy atom. The van der Waals surface area contributed by atoms with E-state index in [1.807, 2.05) is 0 Å². The van der Waals surface area contributed by atoms with Crippen LogP contribution in [0, 0.1) is 0 Å². The van der Waals surface area contributed by atoms with Gasteiger partial charge in [-0.1, -0.05) is 0 Å². The highest BCUT2D eigenvalue weighted by molar-refractivity contribution is 7.92. The average molecular weight is 296 g/mol. The molecule has 0 unspecified atom stereocenters. The average Bonchev–Trinajstić information content (AvgIpc) is 2.90. The molecule has 0 aliphatic heterocycles. The van der Waals surface area contributed by atoms with Crippen LogP contribution in [0.3, 0.4) is 0 Å². The summed E-state index contributed by atoms with van der Waals surface area (Å²) in [5.41, 5.74) is 0.00550. The van der Waals surface area contributed by atoms with Gasteiger partial charge in [-0.25, -0.2) is 4.79 Å². The van der Waals surface area contributed by atoms with E-state index in [1.165, 1.54) is 24.5 Å². The predicted octanol–water partition coefficient (Wildman–Crippen LogP) is 0.718. The Hall–Kier alpha value is -2.42. The van der Waals surface area contributed by atoms with E-state index >= 15 is 0 Å². The largest absolute Gasteiger partial charge is 0.478 e. The van der Waals surface area contributed by atoms with Crippen LogP contribution in [0.4, 0.5) is 5.69 Å². The quantitative estimate of drug-likeness (QED) is 0.839. The molecule has 0 radical (unpaired) electrons. The van der Waals surface area contributed by atoms with E-state index in [0.717, 1.165) is 10.5 Å². The molecule has 8 nitrogen and oxygen atoms in total. The van der Waals surface area contributed by atoms with Crippen molar-refractivity contribution in [3.8, 4) is 0 Å². The van der Waals surface area contributed by atoms with Crippen molar-refractivity contribution in [2.45, 2.75) is 11.9 Å². The second kappa shape index (κ2) is 5.29. The lowest BCUT2D eigenvalue weighted by atomic mass is 10.4. The first kappa shape index (κ1) is 14.0. The summed E-state index contributed by atoms with van der Waals surface area (Å²) >= 11 is 0. The highest BCUT2D eigenvalue weighted by Crippen LogP contribution is 2.23. The second-order valence-corrected chi connectivity index (χ2v) is 5.59. The summed E-state index contributed by atoms with van der Waals surface area (Å²) in [7, 11) is -4.03. The van der Waals surface area contributed by atoms with Gasteiger partial charge < -0.3 is 5.11 Å². The molecule has 2 heterocycles. The fourth-order valence-electron chi connectivity index (χ4n) is 1.74. The van der Waals surface area contributed by atoms with Gasteiger partial charge >= 0.3 is 5.97 Å². The predicted molar refractivity (Wildman–Crippen MR) is 70.0 cm³/mol. The molecule has 0 fully saturated rings. The smallest absolute Gasteiger partial charge is 0.340 e. The minimum Gasteiger partial charge on any atom is -0.478 e. The Bertz CT molecular complexity index is 711. The highest BCUT2D eigenvalue weighted by Gasteiger charge is 2.30. The Labute approximate surface area is 115 Å². The molecule has 106 valence electrons. The molecule has 0 saturated heterocycles. The molecule has 0 spiro atoms. The number of anilines is 1. The first-order chi connectivity index (χ1) is 9.48. The van der Waals surface area contributed by atoms with Gasteiger partial charge in [-0.2, -0.15) is 13.5 Å². The zero-order chi connectivity index (χ0) is 14.8. The number of rotatable bonds is 5. The van der Waals surface area contributed by atoms with Crippen LogP contribution in [0.25, 0.3) is 0 Å². The van der Waals surface area contributed by atoms with Gasteiger partial charge in [0.25, 0.3) is 10.0 Å². The van der Waals surface area contributed by atoms with Gasteiger partial charge in [-0.3, -0.25) is 14.4 Å². The molecule has 0 aromatic carbocycles. The number of hydrogen-bond acceptors (Lipinski definition) is 5. The Balaban J connectivity index is 2.53. The van der Waals surface area contributed by atoms with E-state index < -0.39 is 26.6 Å². The van der Waals surface area contributed by atoms with E-state index in [4.69, 9.17) is 5.11 Å². The van der Waals surface area contributed by atoms with Crippen LogP contribution < -0.4 is 4.31 Å². The van der Waals surface area contributed by atoms with E-state index in [2.05, 4.69) is 15.2 Å². The van der Waals surface area contributed by atoms with Crippen LogP contribution >= 0.6 is 0 Å². The van der Waals surface area contributed by atoms with E-state index in [-0.39, 0.29) is 6.54 Å². The fourth-order valence-corrected chi connectivity index (χ4v) is 3.28. The van der Waals surface area contributed by atoms with Crippen molar-refractivity contribution >= 4 is 21.7 Å². The van der Waals surface area contributed by atoms with Crippen molar-refractivity contribution in [2.24, 2.45) is 0 Å². The number of aromatic carboxylic acids is 1. The van der Waals surface area contributed by atoms with Crippen LogP contribution in [0.2, 0.25) is 0 Å². The van der Waals surface area contributed by atoms with Crippen molar-refractivity contribution in [1.82, 2.24) is 15.2 Å². The summed E-state index contributed by atoms with van der Waals surface area (Å²) < 4.78 is 26.1. The molecule has 2 rings (SSSR count). The molecule has 0 aliphatic rings. The summed E-state index contributed by atoms with van der Waals surface area (Å²) in [6.07, 6.45) is 3.88. The number of sulfonamides is 1. The lowest BCUT2D eigenvalue weighted by Crippen LogP contribution is -2.32. The number of aromatic amines is 1. The van der Waals surface area contributed by atoms with E-state index in [1.54, 1.807) is 6.92 Å².